The van der Waals surface area contributed by atoms with Crippen molar-refractivity contribution in [3.63, 3.8) is 0 Å². The van der Waals surface area contributed by atoms with E-state index < -0.39 is 0 Å². The Labute approximate surface area is 151 Å². The standard InChI is InChI=1S/C19H22N2O5/c1-2-24-19(23)14-7-6-10-21(11-14)18(22)16-12-26-17(20-16)13-25-15-8-4-3-5-9-15/h3-5,8-9,12,14H,2,6-7,10-11,13H2,1H3/t14-/m0/s1. The number of aromatic nitrogens is 1. The van der Waals surface area contributed by atoms with Crippen molar-refractivity contribution in [1.29, 1.82) is 0 Å². The number of carbonyl (C=O) groups is 2. The first-order valence-corrected chi connectivity index (χ1v) is 8.75. The summed E-state index contributed by atoms with van der Waals surface area (Å²) >= 11 is 0. The number of benzene rings is 1. The van der Waals surface area contributed by atoms with Gasteiger partial charge in [-0.3, -0.25) is 9.59 Å². The van der Waals surface area contributed by atoms with E-state index in [9.17, 15) is 9.59 Å². The number of nitrogens with zero attached hydrogens (tertiary/aromatic N) is 2. The topological polar surface area (TPSA) is 81.9 Å². The van der Waals surface area contributed by atoms with Crippen LogP contribution >= 0.6 is 0 Å². The Morgan fingerprint density at radius 2 is 2.12 bits per heavy atom. The average molecular weight is 358 g/mol. The fraction of sp³-hybridized carbons (Fsp3) is 0.421. The van der Waals surface area contributed by atoms with Gasteiger partial charge in [0.05, 0.1) is 12.5 Å². The van der Waals surface area contributed by atoms with E-state index >= 15 is 0 Å². The third-order valence-electron chi connectivity index (χ3n) is 4.20. The second-order valence-corrected chi connectivity index (χ2v) is 6.07. The number of hydrogen-bond donors (Lipinski definition) is 0. The Balaban J connectivity index is 1.58. The van der Waals surface area contributed by atoms with Crippen molar-refractivity contribution < 1.29 is 23.5 Å². The van der Waals surface area contributed by atoms with Crippen LogP contribution in [0.5, 0.6) is 5.75 Å². The number of hydrogen-bond acceptors (Lipinski definition) is 6. The van der Waals surface area contributed by atoms with E-state index in [-0.39, 0.29) is 30.1 Å². The molecule has 1 aliphatic rings. The number of carbonyl (C=O) groups excluding carboxylic acids is 2. The summed E-state index contributed by atoms with van der Waals surface area (Å²) in [5.74, 6) is 0.263. The van der Waals surface area contributed by atoms with Gasteiger partial charge in [-0.2, -0.15) is 0 Å². The maximum atomic E-state index is 12.6. The van der Waals surface area contributed by atoms with Crippen LogP contribution in [0, 0.1) is 5.92 Å². The second kappa shape index (κ2) is 8.51. The van der Waals surface area contributed by atoms with Gasteiger partial charge in [-0.05, 0) is 31.9 Å². The lowest BCUT2D eigenvalue weighted by Crippen LogP contribution is -2.43. The van der Waals surface area contributed by atoms with Crippen LogP contribution in [0.4, 0.5) is 0 Å². The molecule has 138 valence electrons. The second-order valence-electron chi connectivity index (χ2n) is 6.07. The zero-order valence-corrected chi connectivity index (χ0v) is 14.7. The predicted octanol–water partition coefficient (Wildman–Crippen LogP) is 2.67. The highest BCUT2D eigenvalue weighted by molar-refractivity contribution is 5.92. The number of piperidine rings is 1. The van der Waals surface area contributed by atoms with Crippen molar-refractivity contribution in [1.82, 2.24) is 9.88 Å². The quantitative estimate of drug-likeness (QED) is 0.739. The highest BCUT2D eigenvalue weighted by Gasteiger charge is 2.30. The normalized spacial score (nSPS) is 17.0. The number of rotatable bonds is 6. The molecule has 1 fully saturated rings. The maximum absolute atomic E-state index is 12.6. The van der Waals surface area contributed by atoms with E-state index in [1.807, 2.05) is 30.3 Å². The highest BCUT2D eigenvalue weighted by atomic mass is 16.5. The monoisotopic (exact) mass is 358 g/mol. The van der Waals surface area contributed by atoms with Gasteiger partial charge in [-0.1, -0.05) is 18.2 Å². The van der Waals surface area contributed by atoms with Crippen LogP contribution in [0.15, 0.2) is 41.0 Å². The summed E-state index contributed by atoms with van der Waals surface area (Å²) in [7, 11) is 0. The van der Waals surface area contributed by atoms with Crippen LogP contribution in [0.2, 0.25) is 0 Å². The minimum Gasteiger partial charge on any atom is -0.484 e. The van der Waals surface area contributed by atoms with Crippen molar-refractivity contribution in [2.24, 2.45) is 5.92 Å². The molecule has 7 nitrogen and oxygen atoms in total. The van der Waals surface area contributed by atoms with Gasteiger partial charge in [0.1, 0.15) is 12.0 Å². The molecule has 1 aromatic carbocycles. The molecule has 2 heterocycles. The Bertz CT molecular complexity index is 743. The Hall–Kier alpha value is -2.83. The molecule has 1 atom stereocenters. The molecule has 1 aliphatic heterocycles. The molecule has 0 spiro atoms. The van der Waals surface area contributed by atoms with Crippen LogP contribution in [-0.4, -0.2) is 41.5 Å². The molecule has 0 unspecified atom stereocenters. The third kappa shape index (κ3) is 4.41. The lowest BCUT2D eigenvalue weighted by Gasteiger charge is -2.30. The number of likely N-dealkylation sites (tertiary alicyclic amines) is 1. The zero-order valence-electron chi connectivity index (χ0n) is 14.7. The van der Waals surface area contributed by atoms with Gasteiger partial charge in [0, 0.05) is 13.1 Å². The summed E-state index contributed by atoms with van der Waals surface area (Å²) in [5, 5.41) is 0. The minimum atomic E-state index is -0.277. The SMILES string of the molecule is CCOC(=O)[C@H]1CCCN(C(=O)c2coc(COc3ccccc3)n2)C1. The van der Waals surface area contributed by atoms with Gasteiger partial charge >= 0.3 is 5.97 Å². The number of ether oxygens (including phenoxy) is 2. The number of esters is 1. The molecular weight excluding hydrogens is 336 g/mol. The Morgan fingerprint density at radius 3 is 2.88 bits per heavy atom. The minimum absolute atomic E-state index is 0.142. The molecule has 1 amide bonds. The van der Waals surface area contributed by atoms with Crippen molar-refractivity contribution in [2.45, 2.75) is 26.4 Å². The summed E-state index contributed by atoms with van der Waals surface area (Å²) in [5.41, 5.74) is 0.223. The molecule has 0 bridgehead atoms. The smallest absolute Gasteiger partial charge is 0.310 e. The molecule has 1 aromatic heterocycles. The van der Waals surface area contributed by atoms with E-state index in [0.717, 1.165) is 12.8 Å². The molecule has 1 saturated heterocycles. The van der Waals surface area contributed by atoms with Crippen LogP contribution in [-0.2, 0) is 16.1 Å². The lowest BCUT2D eigenvalue weighted by atomic mass is 9.98. The molecule has 26 heavy (non-hydrogen) atoms. The Morgan fingerprint density at radius 1 is 1.31 bits per heavy atom. The molecule has 7 heteroatoms. The van der Waals surface area contributed by atoms with Crippen LogP contribution < -0.4 is 4.74 Å². The first kappa shape index (κ1) is 18.0. The van der Waals surface area contributed by atoms with Gasteiger partial charge in [-0.15, -0.1) is 0 Å². The van der Waals surface area contributed by atoms with Gasteiger partial charge < -0.3 is 18.8 Å². The zero-order chi connectivity index (χ0) is 18.4. The molecule has 3 rings (SSSR count). The molecule has 0 aliphatic carbocycles. The largest absolute Gasteiger partial charge is 0.484 e. The van der Waals surface area contributed by atoms with Crippen LogP contribution in [0.3, 0.4) is 0 Å². The van der Waals surface area contributed by atoms with Gasteiger partial charge in [-0.25, -0.2) is 4.98 Å². The number of amides is 1. The van der Waals surface area contributed by atoms with Gasteiger partial charge in [0.25, 0.3) is 5.91 Å². The maximum Gasteiger partial charge on any atom is 0.310 e. The fourth-order valence-corrected chi connectivity index (χ4v) is 2.91. The average Bonchev–Trinajstić information content (AvgIpc) is 3.16. The van der Waals surface area contributed by atoms with Crippen LogP contribution in [0.25, 0.3) is 0 Å². The summed E-state index contributed by atoms with van der Waals surface area (Å²) < 4.78 is 16.0. The fourth-order valence-electron chi connectivity index (χ4n) is 2.91. The lowest BCUT2D eigenvalue weighted by molar-refractivity contribution is -0.149. The first-order valence-electron chi connectivity index (χ1n) is 8.75. The molecule has 2 aromatic rings. The predicted molar refractivity (Wildman–Crippen MR) is 92.5 cm³/mol. The number of oxazole rings is 1. The molecule has 0 saturated carbocycles. The van der Waals surface area contributed by atoms with E-state index in [4.69, 9.17) is 13.9 Å². The van der Waals surface area contributed by atoms with Crippen molar-refractivity contribution in [3.8, 4) is 5.75 Å². The highest BCUT2D eigenvalue weighted by Crippen LogP contribution is 2.20. The number of para-hydroxylation sites is 1. The molecule has 0 N–H and O–H groups in total. The Kier molecular flexibility index (Phi) is 5.88. The molecule has 0 radical (unpaired) electrons. The summed E-state index contributed by atoms with van der Waals surface area (Å²) in [6.07, 6.45) is 2.83. The van der Waals surface area contributed by atoms with Crippen LogP contribution in [0.1, 0.15) is 36.1 Å². The van der Waals surface area contributed by atoms with Gasteiger partial charge in [0.2, 0.25) is 5.89 Å². The first-order chi connectivity index (χ1) is 12.7. The van der Waals surface area contributed by atoms with E-state index in [0.29, 0.717) is 31.3 Å². The summed E-state index contributed by atoms with van der Waals surface area (Å²) in [4.78, 5) is 30.4. The van der Waals surface area contributed by atoms with E-state index in [1.54, 1.807) is 11.8 Å². The van der Waals surface area contributed by atoms with Gasteiger partial charge in [0.15, 0.2) is 12.3 Å². The van der Waals surface area contributed by atoms with E-state index in [2.05, 4.69) is 4.98 Å². The third-order valence-corrected chi connectivity index (χ3v) is 4.20. The van der Waals surface area contributed by atoms with Crippen molar-refractivity contribution >= 4 is 11.9 Å². The summed E-state index contributed by atoms with van der Waals surface area (Å²) in [6, 6.07) is 9.31. The molecular formula is C19H22N2O5. The van der Waals surface area contributed by atoms with E-state index in [1.165, 1.54) is 6.26 Å². The van der Waals surface area contributed by atoms with Crippen molar-refractivity contribution in [3.05, 3.63) is 48.2 Å². The van der Waals surface area contributed by atoms with Crippen molar-refractivity contribution in [2.75, 3.05) is 19.7 Å². The summed E-state index contributed by atoms with van der Waals surface area (Å²) in [6.45, 7) is 3.20.